The first-order valence-electron chi connectivity index (χ1n) is 12.2. The van der Waals surface area contributed by atoms with Crippen LogP contribution in [0.3, 0.4) is 0 Å². The Morgan fingerprint density at radius 1 is 0.941 bits per heavy atom. The summed E-state index contributed by atoms with van der Waals surface area (Å²) in [4.78, 5) is 40.1. The largest absolute Gasteiger partial charge is 0.459 e. The summed E-state index contributed by atoms with van der Waals surface area (Å²) < 4.78 is 10.4. The van der Waals surface area contributed by atoms with Crippen LogP contribution in [0.1, 0.15) is 72.3 Å². The second-order valence-corrected chi connectivity index (χ2v) is 9.16. The average Bonchev–Trinajstić information content (AvgIpc) is 3.43. The summed E-state index contributed by atoms with van der Waals surface area (Å²) in [5, 5.41) is 5.67. The van der Waals surface area contributed by atoms with Crippen LogP contribution in [0.2, 0.25) is 0 Å². The quantitative estimate of drug-likeness (QED) is 0.570. The molecule has 8 nitrogen and oxygen atoms in total. The summed E-state index contributed by atoms with van der Waals surface area (Å²) in [6, 6.07) is 9.66. The highest BCUT2D eigenvalue weighted by atomic mass is 16.5. The molecule has 34 heavy (non-hydrogen) atoms. The van der Waals surface area contributed by atoms with Crippen molar-refractivity contribution in [1.29, 1.82) is 0 Å². The fourth-order valence-corrected chi connectivity index (χ4v) is 5.07. The topological polar surface area (TPSA) is 101 Å². The molecule has 4 rings (SSSR count). The number of carbonyl (C=O) groups is 3. The molecule has 1 saturated carbocycles. The molecule has 2 fully saturated rings. The number of hydrogen-bond acceptors (Lipinski definition) is 6. The predicted molar refractivity (Wildman–Crippen MR) is 128 cm³/mol. The highest BCUT2D eigenvalue weighted by molar-refractivity contribution is 6.06. The average molecular weight is 468 g/mol. The first-order valence-corrected chi connectivity index (χ1v) is 12.2. The number of para-hydroxylation sites is 1. The molecule has 0 radical (unpaired) electrons. The van der Waals surface area contributed by atoms with Crippen LogP contribution in [0.5, 0.6) is 0 Å². The van der Waals surface area contributed by atoms with Gasteiger partial charge in [0.25, 0.3) is 11.8 Å². The maximum atomic E-state index is 12.7. The lowest BCUT2D eigenvalue weighted by Crippen LogP contribution is -2.58. The minimum absolute atomic E-state index is 0.0150. The van der Waals surface area contributed by atoms with Crippen molar-refractivity contribution in [2.24, 2.45) is 0 Å². The Labute approximate surface area is 200 Å². The fraction of sp³-hybridized carbons (Fsp3) is 0.500. The van der Waals surface area contributed by atoms with Crippen molar-refractivity contribution in [3.8, 4) is 0 Å². The van der Waals surface area contributed by atoms with Crippen LogP contribution < -0.4 is 10.6 Å². The molecule has 2 aliphatic rings. The lowest BCUT2D eigenvalue weighted by molar-refractivity contribution is -0.125. The van der Waals surface area contributed by atoms with Crippen LogP contribution >= 0.6 is 0 Å². The number of esters is 1. The minimum atomic E-state index is -0.672. The van der Waals surface area contributed by atoms with E-state index in [1.54, 1.807) is 30.3 Å². The van der Waals surface area contributed by atoms with Crippen molar-refractivity contribution in [3.63, 3.8) is 0 Å². The first kappa shape index (κ1) is 24.0. The molecule has 1 aromatic carbocycles. The zero-order valence-corrected chi connectivity index (χ0v) is 19.5. The second-order valence-electron chi connectivity index (χ2n) is 9.16. The van der Waals surface area contributed by atoms with E-state index in [1.807, 2.05) is 0 Å². The number of anilines is 1. The van der Waals surface area contributed by atoms with Gasteiger partial charge in [0.1, 0.15) is 0 Å². The van der Waals surface area contributed by atoms with Crippen LogP contribution in [0.4, 0.5) is 5.69 Å². The van der Waals surface area contributed by atoms with Crippen molar-refractivity contribution < 1.29 is 23.5 Å². The van der Waals surface area contributed by atoms with Gasteiger partial charge < -0.3 is 19.8 Å². The smallest absolute Gasteiger partial charge is 0.340 e. The predicted octanol–water partition coefficient (Wildman–Crippen LogP) is 3.99. The number of carbonyl (C=O) groups excluding carboxylic acids is 3. The van der Waals surface area contributed by atoms with Gasteiger partial charge in [0.05, 0.1) is 17.5 Å². The molecule has 2 N–H and O–H groups in total. The molecule has 0 unspecified atom stereocenters. The van der Waals surface area contributed by atoms with Gasteiger partial charge in [0.15, 0.2) is 12.4 Å². The zero-order chi connectivity index (χ0) is 23.8. The van der Waals surface area contributed by atoms with Gasteiger partial charge >= 0.3 is 5.97 Å². The molecule has 1 aliphatic carbocycles. The van der Waals surface area contributed by atoms with E-state index in [1.165, 1.54) is 50.9 Å². The highest BCUT2D eigenvalue weighted by Gasteiger charge is 2.38. The fourth-order valence-electron chi connectivity index (χ4n) is 5.07. The number of ether oxygens (including phenoxy) is 1. The normalized spacial score (nSPS) is 18.1. The Morgan fingerprint density at radius 3 is 2.41 bits per heavy atom. The van der Waals surface area contributed by atoms with Crippen molar-refractivity contribution in [3.05, 3.63) is 54.0 Å². The van der Waals surface area contributed by atoms with Gasteiger partial charge in [0, 0.05) is 12.1 Å². The van der Waals surface area contributed by atoms with E-state index in [-0.39, 0.29) is 29.4 Å². The molecular formula is C26H33N3O5. The zero-order valence-electron chi connectivity index (χ0n) is 19.5. The summed E-state index contributed by atoms with van der Waals surface area (Å²) in [5.41, 5.74) is 0.481. The molecule has 0 atom stereocenters. The van der Waals surface area contributed by atoms with Gasteiger partial charge in [-0.05, 0) is 63.0 Å². The Hall–Kier alpha value is -3.13. The second kappa shape index (κ2) is 11.3. The maximum Gasteiger partial charge on any atom is 0.340 e. The third kappa shape index (κ3) is 5.86. The number of hydrogen-bond donors (Lipinski definition) is 2. The van der Waals surface area contributed by atoms with Crippen molar-refractivity contribution in [1.82, 2.24) is 10.2 Å². The van der Waals surface area contributed by atoms with Crippen LogP contribution in [-0.2, 0) is 9.53 Å². The van der Waals surface area contributed by atoms with Gasteiger partial charge in [-0.25, -0.2) is 4.79 Å². The maximum absolute atomic E-state index is 12.7. The number of benzene rings is 1. The van der Waals surface area contributed by atoms with E-state index in [4.69, 9.17) is 9.15 Å². The van der Waals surface area contributed by atoms with Gasteiger partial charge in [-0.2, -0.15) is 0 Å². The summed E-state index contributed by atoms with van der Waals surface area (Å²) in [6.45, 7) is 2.39. The van der Waals surface area contributed by atoms with E-state index in [0.717, 1.165) is 25.9 Å². The van der Waals surface area contributed by atoms with Crippen LogP contribution in [0.15, 0.2) is 47.1 Å². The molecule has 182 valence electrons. The highest BCUT2D eigenvalue weighted by Crippen LogP contribution is 2.35. The number of likely N-dealkylation sites (tertiary alicyclic amines) is 1. The molecule has 0 spiro atoms. The first-order chi connectivity index (χ1) is 16.6. The number of rotatable bonds is 8. The number of amides is 2. The Kier molecular flexibility index (Phi) is 8.00. The monoisotopic (exact) mass is 467 g/mol. The number of nitrogens with zero attached hydrogens (tertiary/aromatic N) is 1. The van der Waals surface area contributed by atoms with Crippen LogP contribution in [0.25, 0.3) is 0 Å². The van der Waals surface area contributed by atoms with Crippen LogP contribution in [0, 0.1) is 0 Å². The lowest BCUT2D eigenvalue weighted by Gasteiger charge is -2.48. The summed E-state index contributed by atoms with van der Waals surface area (Å²) >= 11 is 0. The molecule has 2 aromatic rings. The standard InChI is InChI=1S/C26H33N3O5/c30-23(27-19-26(13-5-1-6-14-26)29-15-7-2-8-16-29)18-34-25(32)20-10-3-4-11-21(20)28-24(31)22-12-9-17-33-22/h3-4,9-12,17H,1-2,5-8,13-16,18-19H2,(H,27,30)(H,28,31). The Bertz CT molecular complexity index is 976. The van der Waals surface area contributed by atoms with E-state index in [9.17, 15) is 14.4 Å². The van der Waals surface area contributed by atoms with E-state index < -0.39 is 11.9 Å². The minimum Gasteiger partial charge on any atom is -0.459 e. The van der Waals surface area contributed by atoms with E-state index in [2.05, 4.69) is 15.5 Å². The lowest BCUT2D eigenvalue weighted by atomic mass is 9.79. The van der Waals surface area contributed by atoms with Crippen molar-refractivity contribution >= 4 is 23.5 Å². The molecule has 0 bridgehead atoms. The van der Waals surface area contributed by atoms with E-state index >= 15 is 0 Å². The van der Waals surface area contributed by atoms with Gasteiger partial charge in [-0.15, -0.1) is 0 Å². The molecule has 1 aliphatic heterocycles. The van der Waals surface area contributed by atoms with Gasteiger partial charge in [-0.1, -0.05) is 37.8 Å². The molecule has 2 heterocycles. The summed E-state index contributed by atoms with van der Waals surface area (Å²) in [6.07, 6.45) is 10.9. The number of furan rings is 1. The summed E-state index contributed by atoms with van der Waals surface area (Å²) in [5.74, 6) is -1.33. The molecule has 2 amide bonds. The third-order valence-electron chi connectivity index (χ3n) is 6.90. The van der Waals surface area contributed by atoms with Crippen molar-refractivity contribution in [2.75, 3.05) is 31.6 Å². The van der Waals surface area contributed by atoms with Crippen molar-refractivity contribution in [2.45, 2.75) is 56.9 Å². The molecular weight excluding hydrogens is 434 g/mol. The van der Waals surface area contributed by atoms with E-state index in [0.29, 0.717) is 12.2 Å². The molecule has 1 aromatic heterocycles. The summed E-state index contributed by atoms with van der Waals surface area (Å²) in [7, 11) is 0. The SMILES string of the molecule is O=C(COC(=O)c1ccccc1NC(=O)c1ccco1)NCC1(N2CCCCC2)CCCCC1. The number of nitrogens with one attached hydrogen (secondary N) is 2. The van der Waals surface area contributed by atoms with Gasteiger partial charge in [0.2, 0.25) is 0 Å². The Balaban J connectivity index is 1.31. The third-order valence-corrected chi connectivity index (χ3v) is 6.90. The Morgan fingerprint density at radius 2 is 1.68 bits per heavy atom. The molecule has 8 heteroatoms. The van der Waals surface area contributed by atoms with Crippen LogP contribution in [-0.4, -0.2) is 54.5 Å². The number of piperidine rings is 1. The molecule has 1 saturated heterocycles. The van der Waals surface area contributed by atoms with Gasteiger partial charge in [-0.3, -0.25) is 14.5 Å².